The number of benzene rings is 1. The molecule has 1 fully saturated rings. The van der Waals surface area contributed by atoms with Gasteiger partial charge in [0.25, 0.3) is 5.91 Å². The first-order chi connectivity index (χ1) is 10.0. The highest BCUT2D eigenvalue weighted by molar-refractivity contribution is 5.95. The molecule has 0 atom stereocenters. The SMILES string of the molecule is CCN(C(=O)c1ccc([N+](=O)[O-])c(O)c1)C1CCCCC1. The van der Waals surface area contributed by atoms with Crippen molar-refractivity contribution in [3.8, 4) is 5.75 Å². The smallest absolute Gasteiger partial charge is 0.310 e. The van der Waals surface area contributed by atoms with E-state index in [1.54, 1.807) is 4.90 Å². The molecule has 0 saturated heterocycles. The fourth-order valence-corrected chi connectivity index (χ4v) is 2.94. The second-order valence-corrected chi connectivity index (χ2v) is 5.34. The third-order valence-electron chi connectivity index (χ3n) is 4.04. The molecule has 6 heteroatoms. The molecule has 1 amide bonds. The molecule has 1 N–H and O–H groups in total. The van der Waals surface area contributed by atoms with Crippen LogP contribution in [0.5, 0.6) is 5.75 Å². The molecule has 1 saturated carbocycles. The molecule has 0 aliphatic heterocycles. The normalized spacial score (nSPS) is 15.7. The van der Waals surface area contributed by atoms with Gasteiger partial charge in [-0.25, -0.2) is 0 Å². The average molecular weight is 292 g/mol. The molecule has 1 aromatic rings. The van der Waals surface area contributed by atoms with Crippen molar-refractivity contribution >= 4 is 11.6 Å². The Morgan fingerprint density at radius 2 is 2.05 bits per heavy atom. The molecule has 6 nitrogen and oxygen atoms in total. The lowest BCUT2D eigenvalue weighted by atomic mass is 9.93. The number of phenolic OH excluding ortho intramolecular Hbond substituents is 1. The van der Waals surface area contributed by atoms with Gasteiger partial charge in [-0.3, -0.25) is 14.9 Å². The Morgan fingerprint density at radius 3 is 2.57 bits per heavy atom. The van der Waals surface area contributed by atoms with Crippen LogP contribution in [-0.2, 0) is 0 Å². The van der Waals surface area contributed by atoms with E-state index in [2.05, 4.69) is 0 Å². The Labute approximate surface area is 123 Å². The quantitative estimate of drug-likeness (QED) is 0.682. The van der Waals surface area contributed by atoms with Crippen LogP contribution < -0.4 is 0 Å². The Bertz CT molecular complexity index is 538. The van der Waals surface area contributed by atoms with Crippen LogP contribution in [0.4, 0.5) is 5.69 Å². The second kappa shape index (κ2) is 6.56. The third-order valence-corrected chi connectivity index (χ3v) is 4.04. The maximum Gasteiger partial charge on any atom is 0.310 e. The van der Waals surface area contributed by atoms with Crippen LogP contribution in [-0.4, -0.2) is 33.4 Å². The molecule has 0 bridgehead atoms. The molecule has 0 unspecified atom stereocenters. The Balaban J connectivity index is 2.21. The van der Waals surface area contributed by atoms with Gasteiger partial charge in [-0.15, -0.1) is 0 Å². The van der Waals surface area contributed by atoms with E-state index >= 15 is 0 Å². The number of carbonyl (C=O) groups excluding carboxylic acids is 1. The number of nitrogens with zero attached hydrogens (tertiary/aromatic N) is 2. The molecule has 0 heterocycles. The Morgan fingerprint density at radius 1 is 1.38 bits per heavy atom. The van der Waals surface area contributed by atoms with E-state index in [1.807, 2.05) is 6.92 Å². The molecular weight excluding hydrogens is 272 g/mol. The molecule has 2 rings (SSSR count). The van der Waals surface area contributed by atoms with Crippen molar-refractivity contribution in [2.24, 2.45) is 0 Å². The van der Waals surface area contributed by atoms with E-state index in [9.17, 15) is 20.0 Å². The van der Waals surface area contributed by atoms with Crippen molar-refractivity contribution in [3.05, 3.63) is 33.9 Å². The number of carbonyl (C=O) groups is 1. The second-order valence-electron chi connectivity index (χ2n) is 5.34. The van der Waals surface area contributed by atoms with E-state index in [1.165, 1.54) is 24.6 Å². The van der Waals surface area contributed by atoms with E-state index in [0.717, 1.165) is 25.7 Å². The van der Waals surface area contributed by atoms with Crippen molar-refractivity contribution in [1.82, 2.24) is 4.90 Å². The number of aromatic hydroxyl groups is 1. The monoisotopic (exact) mass is 292 g/mol. The molecule has 1 aromatic carbocycles. The van der Waals surface area contributed by atoms with Gasteiger partial charge in [-0.2, -0.15) is 0 Å². The average Bonchev–Trinajstić information content (AvgIpc) is 2.48. The van der Waals surface area contributed by atoms with Gasteiger partial charge in [-0.05, 0) is 31.9 Å². The predicted octanol–water partition coefficient (Wildman–Crippen LogP) is 3.10. The predicted molar refractivity (Wildman–Crippen MR) is 78.3 cm³/mol. The van der Waals surface area contributed by atoms with Crippen LogP contribution in [0.3, 0.4) is 0 Å². The summed E-state index contributed by atoms with van der Waals surface area (Å²) in [7, 11) is 0. The zero-order valence-electron chi connectivity index (χ0n) is 12.1. The van der Waals surface area contributed by atoms with Crippen LogP contribution in [0.2, 0.25) is 0 Å². The van der Waals surface area contributed by atoms with Crippen LogP contribution in [0.25, 0.3) is 0 Å². The van der Waals surface area contributed by atoms with E-state index in [4.69, 9.17) is 0 Å². The first-order valence-corrected chi connectivity index (χ1v) is 7.33. The summed E-state index contributed by atoms with van der Waals surface area (Å²) in [5.41, 5.74) is -0.0854. The minimum absolute atomic E-state index is 0.172. The van der Waals surface area contributed by atoms with Crippen molar-refractivity contribution in [1.29, 1.82) is 0 Å². The van der Waals surface area contributed by atoms with Crippen molar-refractivity contribution in [2.45, 2.75) is 45.1 Å². The number of hydrogen-bond acceptors (Lipinski definition) is 4. The highest BCUT2D eigenvalue weighted by Crippen LogP contribution is 2.28. The number of nitro groups is 1. The van der Waals surface area contributed by atoms with Gasteiger partial charge >= 0.3 is 5.69 Å². The van der Waals surface area contributed by atoms with Gasteiger partial charge < -0.3 is 10.0 Å². The van der Waals surface area contributed by atoms with Gasteiger partial charge in [0, 0.05) is 24.2 Å². The molecule has 1 aliphatic rings. The first kappa shape index (κ1) is 15.3. The van der Waals surface area contributed by atoms with Crippen LogP contribution in [0.15, 0.2) is 18.2 Å². The number of phenols is 1. The van der Waals surface area contributed by atoms with Crippen molar-refractivity contribution in [3.63, 3.8) is 0 Å². The van der Waals surface area contributed by atoms with Gasteiger partial charge in [0.2, 0.25) is 0 Å². The standard InChI is InChI=1S/C15H20N2O4/c1-2-16(12-6-4-3-5-7-12)15(19)11-8-9-13(17(20)21)14(18)10-11/h8-10,12,18H,2-7H2,1H3. The van der Waals surface area contributed by atoms with Gasteiger partial charge in [0.05, 0.1) is 4.92 Å². The summed E-state index contributed by atoms with van der Waals surface area (Å²) >= 11 is 0. The minimum atomic E-state index is -0.664. The molecule has 0 spiro atoms. The van der Waals surface area contributed by atoms with Crippen molar-refractivity contribution in [2.75, 3.05) is 6.54 Å². The van der Waals surface area contributed by atoms with Crippen LogP contribution in [0, 0.1) is 10.1 Å². The zero-order valence-corrected chi connectivity index (χ0v) is 12.1. The topological polar surface area (TPSA) is 83.7 Å². The van der Waals surface area contributed by atoms with E-state index in [0.29, 0.717) is 12.1 Å². The number of nitro benzene ring substituents is 1. The lowest BCUT2D eigenvalue weighted by Gasteiger charge is -2.33. The lowest BCUT2D eigenvalue weighted by Crippen LogP contribution is -2.41. The summed E-state index contributed by atoms with van der Waals surface area (Å²) in [4.78, 5) is 24.4. The Kier molecular flexibility index (Phi) is 4.77. The number of hydrogen-bond donors (Lipinski definition) is 1. The molecule has 114 valence electrons. The zero-order chi connectivity index (χ0) is 15.4. The molecule has 0 aromatic heterocycles. The lowest BCUT2D eigenvalue weighted by molar-refractivity contribution is -0.385. The summed E-state index contributed by atoms with van der Waals surface area (Å²) < 4.78 is 0. The highest BCUT2D eigenvalue weighted by Gasteiger charge is 2.26. The Hall–Kier alpha value is -2.11. The minimum Gasteiger partial charge on any atom is -0.502 e. The third kappa shape index (κ3) is 3.32. The van der Waals surface area contributed by atoms with Crippen LogP contribution >= 0.6 is 0 Å². The molecule has 1 aliphatic carbocycles. The number of rotatable bonds is 4. The highest BCUT2D eigenvalue weighted by atomic mass is 16.6. The summed E-state index contributed by atoms with van der Waals surface area (Å²) in [5.74, 6) is -0.639. The van der Waals surface area contributed by atoms with Crippen LogP contribution in [0.1, 0.15) is 49.4 Å². The molecule has 21 heavy (non-hydrogen) atoms. The molecule has 0 radical (unpaired) electrons. The first-order valence-electron chi connectivity index (χ1n) is 7.33. The van der Waals surface area contributed by atoms with E-state index in [-0.39, 0.29) is 17.6 Å². The number of amides is 1. The largest absolute Gasteiger partial charge is 0.502 e. The van der Waals surface area contributed by atoms with Gasteiger partial charge in [0.15, 0.2) is 5.75 Å². The van der Waals surface area contributed by atoms with Crippen molar-refractivity contribution < 1.29 is 14.8 Å². The maximum absolute atomic E-state index is 12.6. The maximum atomic E-state index is 12.6. The van der Waals surface area contributed by atoms with Gasteiger partial charge in [0.1, 0.15) is 0 Å². The summed E-state index contributed by atoms with van der Waals surface area (Å²) in [6.45, 7) is 2.53. The summed E-state index contributed by atoms with van der Waals surface area (Å²) in [5, 5.41) is 20.4. The molecular formula is C15H20N2O4. The fourth-order valence-electron chi connectivity index (χ4n) is 2.94. The summed E-state index contributed by atoms with van der Waals surface area (Å²) in [6.07, 6.45) is 5.46. The van der Waals surface area contributed by atoms with Gasteiger partial charge in [-0.1, -0.05) is 19.3 Å². The van der Waals surface area contributed by atoms with E-state index < -0.39 is 10.7 Å². The fraction of sp³-hybridized carbons (Fsp3) is 0.533. The summed E-state index contributed by atoms with van der Waals surface area (Å²) in [6, 6.07) is 4.00.